The van der Waals surface area contributed by atoms with Gasteiger partial charge in [0.1, 0.15) is 6.29 Å². The Morgan fingerprint density at radius 3 is 2.20 bits per heavy atom. The van der Waals surface area contributed by atoms with Crippen LogP contribution in [0.5, 0.6) is 0 Å². The highest BCUT2D eigenvalue weighted by Crippen LogP contribution is 2.12. The number of carbonyl (C=O) groups excluding carboxylic acids is 2. The maximum Gasteiger partial charge on any atom is 0.224 e. The molecule has 1 unspecified atom stereocenters. The first-order valence-electron chi connectivity index (χ1n) is 9.59. The van der Waals surface area contributed by atoms with E-state index in [0.717, 1.165) is 28.5 Å². The molecule has 7 N–H and O–H groups in total. The van der Waals surface area contributed by atoms with Gasteiger partial charge in [-0.15, -0.1) is 0 Å². The third kappa shape index (κ3) is 7.53. The van der Waals surface area contributed by atoms with Crippen LogP contribution in [-0.2, 0) is 16.0 Å². The van der Waals surface area contributed by atoms with Crippen LogP contribution in [0.15, 0.2) is 55.1 Å². The number of hydrogen-bond acceptors (Lipinski definition) is 6. The van der Waals surface area contributed by atoms with Crippen molar-refractivity contribution in [1.29, 1.82) is 0 Å². The maximum atomic E-state index is 11.7. The molecule has 7 nitrogen and oxygen atoms in total. The molecule has 1 atom stereocenters. The van der Waals surface area contributed by atoms with Crippen molar-refractivity contribution in [3.8, 4) is 11.8 Å². The molecule has 1 amide bonds. The molecule has 156 valence electrons. The average Bonchev–Trinajstić information content (AvgIpc) is 2.77. The summed E-state index contributed by atoms with van der Waals surface area (Å²) in [5, 5.41) is 5.81. The minimum absolute atomic E-state index is 0.0461. The molecule has 0 saturated heterocycles. The first-order chi connectivity index (χ1) is 14.5. The highest BCUT2D eigenvalue weighted by molar-refractivity contribution is 5.78. The highest BCUT2D eigenvalue weighted by atomic mass is 16.1. The Bertz CT molecular complexity index is 911. The normalized spacial score (nSPS) is 11.0. The minimum atomic E-state index is -0.371. The van der Waals surface area contributed by atoms with Crippen LogP contribution in [0.3, 0.4) is 0 Å². The van der Waals surface area contributed by atoms with E-state index in [1.54, 1.807) is 0 Å². The SMILES string of the molecule is C=C(NC(CC=O)NN)c1ccc(C#Cc2ccc(CC(=O)NCCN)cc2)cc1. The van der Waals surface area contributed by atoms with E-state index in [0.29, 0.717) is 25.2 Å². The number of carbonyl (C=O) groups is 2. The molecule has 0 aliphatic heterocycles. The maximum absolute atomic E-state index is 11.7. The number of rotatable bonds is 10. The van der Waals surface area contributed by atoms with Crippen LogP contribution in [0.4, 0.5) is 0 Å². The largest absolute Gasteiger partial charge is 0.368 e. The molecule has 0 saturated carbocycles. The van der Waals surface area contributed by atoms with Gasteiger partial charge in [0, 0.05) is 36.3 Å². The lowest BCUT2D eigenvalue weighted by Crippen LogP contribution is -2.45. The Morgan fingerprint density at radius 2 is 1.67 bits per heavy atom. The third-order valence-corrected chi connectivity index (χ3v) is 4.25. The van der Waals surface area contributed by atoms with Crippen LogP contribution < -0.4 is 27.6 Å². The topological polar surface area (TPSA) is 122 Å². The van der Waals surface area contributed by atoms with Crippen LogP contribution in [0.25, 0.3) is 5.70 Å². The highest BCUT2D eigenvalue weighted by Gasteiger charge is 2.07. The second-order valence-corrected chi connectivity index (χ2v) is 6.58. The summed E-state index contributed by atoms with van der Waals surface area (Å²) in [6.07, 6.45) is 0.966. The molecule has 0 aromatic heterocycles. The number of benzene rings is 2. The smallest absolute Gasteiger partial charge is 0.224 e. The first-order valence-corrected chi connectivity index (χ1v) is 9.59. The minimum Gasteiger partial charge on any atom is -0.368 e. The number of hydrazine groups is 1. The van der Waals surface area contributed by atoms with E-state index in [9.17, 15) is 9.59 Å². The van der Waals surface area contributed by atoms with Crippen LogP contribution in [-0.4, -0.2) is 31.4 Å². The van der Waals surface area contributed by atoms with Crippen molar-refractivity contribution in [3.05, 3.63) is 77.4 Å². The average molecular weight is 406 g/mol. The van der Waals surface area contributed by atoms with Gasteiger partial charge in [-0.05, 0) is 35.4 Å². The number of nitrogens with one attached hydrogen (secondary N) is 3. The lowest BCUT2D eigenvalue weighted by molar-refractivity contribution is -0.120. The van der Waals surface area contributed by atoms with Gasteiger partial charge in [-0.1, -0.05) is 42.7 Å². The molecule has 0 aliphatic rings. The second kappa shape index (κ2) is 12.2. The van der Waals surface area contributed by atoms with Gasteiger partial charge in [0.15, 0.2) is 0 Å². The van der Waals surface area contributed by atoms with Crippen LogP contribution in [0.2, 0.25) is 0 Å². The van der Waals surface area contributed by atoms with Crippen molar-refractivity contribution in [2.75, 3.05) is 13.1 Å². The summed E-state index contributed by atoms with van der Waals surface area (Å²) in [6.45, 7) is 4.88. The van der Waals surface area contributed by atoms with Gasteiger partial charge in [-0.25, -0.2) is 5.43 Å². The van der Waals surface area contributed by atoms with Crippen LogP contribution >= 0.6 is 0 Å². The number of aldehydes is 1. The van der Waals surface area contributed by atoms with Crippen LogP contribution in [0.1, 0.15) is 28.7 Å². The van der Waals surface area contributed by atoms with E-state index in [2.05, 4.69) is 34.5 Å². The van der Waals surface area contributed by atoms with Crippen molar-refractivity contribution in [2.45, 2.75) is 19.0 Å². The predicted molar refractivity (Wildman–Crippen MR) is 119 cm³/mol. The molecule has 2 rings (SSSR count). The van der Waals surface area contributed by atoms with Crippen LogP contribution in [0, 0.1) is 11.8 Å². The third-order valence-electron chi connectivity index (χ3n) is 4.25. The van der Waals surface area contributed by atoms with Crippen molar-refractivity contribution < 1.29 is 9.59 Å². The van der Waals surface area contributed by atoms with Gasteiger partial charge in [-0.3, -0.25) is 10.6 Å². The molecule has 0 radical (unpaired) electrons. The second-order valence-electron chi connectivity index (χ2n) is 6.58. The fourth-order valence-corrected chi connectivity index (χ4v) is 2.62. The zero-order valence-electron chi connectivity index (χ0n) is 16.8. The molecule has 0 spiro atoms. The summed E-state index contributed by atoms with van der Waals surface area (Å²) in [4.78, 5) is 22.3. The Labute approximate surface area is 176 Å². The molecule has 2 aromatic rings. The zero-order valence-corrected chi connectivity index (χ0v) is 16.8. The van der Waals surface area contributed by atoms with E-state index in [1.165, 1.54) is 0 Å². The number of hydrogen-bond donors (Lipinski definition) is 5. The Hall–Kier alpha value is -3.44. The van der Waals surface area contributed by atoms with Gasteiger partial charge >= 0.3 is 0 Å². The van der Waals surface area contributed by atoms with E-state index in [4.69, 9.17) is 11.6 Å². The standard InChI is InChI=1S/C23H27N5O2/c1-17(27-22(28-25)12-15-29)21-10-8-19(9-11-21)3-2-18-4-6-20(7-5-18)16-23(30)26-14-13-24/h4-11,15,22,27-28H,1,12-14,16,24-25H2,(H,26,30). The number of amides is 1. The summed E-state index contributed by atoms with van der Waals surface area (Å²) < 4.78 is 0. The molecule has 7 heteroatoms. The Kier molecular flexibility index (Phi) is 9.28. The van der Waals surface area contributed by atoms with Gasteiger partial charge < -0.3 is 21.2 Å². The summed E-state index contributed by atoms with van der Waals surface area (Å²) in [5.41, 5.74) is 12.1. The quantitative estimate of drug-likeness (QED) is 0.130. The van der Waals surface area contributed by atoms with Crippen molar-refractivity contribution in [1.82, 2.24) is 16.1 Å². The molecule has 0 heterocycles. The van der Waals surface area contributed by atoms with Gasteiger partial charge in [0.2, 0.25) is 5.91 Å². The molecular formula is C23H27N5O2. The molecule has 30 heavy (non-hydrogen) atoms. The monoisotopic (exact) mass is 405 g/mol. The van der Waals surface area contributed by atoms with Gasteiger partial charge in [-0.2, -0.15) is 0 Å². The lowest BCUT2D eigenvalue weighted by atomic mass is 10.1. The Balaban J connectivity index is 1.95. The van der Waals surface area contributed by atoms with Gasteiger partial charge in [0.25, 0.3) is 0 Å². The molecular weight excluding hydrogens is 378 g/mol. The fraction of sp³-hybridized carbons (Fsp3) is 0.217. The van der Waals surface area contributed by atoms with E-state index in [1.807, 2.05) is 48.5 Å². The van der Waals surface area contributed by atoms with Crippen molar-refractivity contribution in [2.24, 2.45) is 11.6 Å². The predicted octanol–water partition coefficient (Wildman–Crippen LogP) is 0.643. The molecule has 0 aliphatic carbocycles. The lowest BCUT2D eigenvalue weighted by Gasteiger charge is -2.18. The summed E-state index contributed by atoms with van der Waals surface area (Å²) in [7, 11) is 0. The summed E-state index contributed by atoms with van der Waals surface area (Å²) >= 11 is 0. The summed E-state index contributed by atoms with van der Waals surface area (Å²) in [5.74, 6) is 11.6. The molecule has 2 aromatic carbocycles. The van der Waals surface area contributed by atoms with Crippen molar-refractivity contribution in [3.63, 3.8) is 0 Å². The zero-order chi connectivity index (χ0) is 21.8. The molecule has 0 bridgehead atoms. The first kappa shape index (κ1) is 22.8. The summed E-state index contributed by atoms with van der Waals surface area (Å²) in [6, 6.07) is 15.2. The van der Waals surface area contributed by atoms with Gasteiger partial charge in [0.05, 0.1) is 12.6 Å². The van der Waals surface area contributed by atoms with E-state index >= 15 is 0 Å². The van der Waals surface area contributed by atoms with E-state index < -0.39 is 0 Å². The Morgan fingerprint density at radius 1 is 1.07 bits per heavy atom. The number of nitrogens with two attached hydrogens (primary N) is 2. The molecule has 0 fully saturated rings. The van der Waals surface area contributed by atoms with E-state index in [-0.39, 0.29) is 18.5 Å². The fourth-order valence-electron chi connectivity index (χ4n) is 2.62. The van der Waals surface area contributed by atoms with Crippen molar-refractivity contribution >= 4 is 17.9 Å².